The number of oxime groups is 2. The number of nitrogens with zero attached hydrogens (tertiary/aromatic N) is 2. The van der Waals surface area contributed by atoms with Gasteiger partial charge in [-0.2, -0.15) is 26.3 Å². The van der Waals surface area contributed by atoms with E-state index in [4.69, 9.17) is 28.0 Å². The third-order valence-corrected chi connectivity index (χ3v) is 6.71. The summed E-state index contributed by atoms with van der Waals surface area (Å²) in [5.74, 6) is -1.99. The van der Waals surface area contributed by atoms with Gasteiger partial charge >= 0.3 is 12.4 Å². The van der Waals surface area contributed by atoms with Crippen LogP contribution in [0.5, 0.6) is 0 Å². The number of rotatable bonds is 7. The number of amides is 1. The van der Waals surface area contributed by atoms with E-state index in [9.17, 15) is 35.5 Å². The summed E-state index contributed by atoms with van der Waals surface area (Å²) >= 11 is 11.5. The molecule has 1 heterocycles. The summed E-state index contributed by atoms with van der Waals surface area (Å²) in [5, 5.41) is 8.03. The van der Waals surface area contributed by atoms with Crippen LogP contribution in [0.2, 0.25) is 10.0 Å². The molecule has 0 spiro atoms. The molecule has 6 nitrogen and oxygen atoms in total. The molecule has 0 saturated heterocycles. The van der Waals surface area contributed by atoms with Crippen LogP contribution >= 0.6 is 23.2 Å². The van der Waals surface area contributed by atoms with Crippen LogP contribution in [-0.4, -0.2) is 42.8 Å². The van der Waals surface area contributed by atoms with Crippen molar-refractivity contribution in [3.8, 4) is 0 Å². The molecule has 4 rings (SSSR count). The van der Waals surface area contributed by atoms with E-state index in [2.05, 4.69) is 20.5 Å². The molecule has 0 aromatic heterocycles. The van der Waals surface area contributed by atoms with Crippen molar-refractivity contribution in [2.24, 2.45) is 10.3 Å². The topological polar surface area (TPSA) is 72.3 Å². The van der Waals surface area contributed by atoms with Gasteiger partial charge in [0.25, 0.3) is 11.5 Å². The zero-order chi connectivity index (χ0) is 30.2. The van der Waals surface area contributed by atoms with Crippen LogP contribution in [0.25, 0.3) is 10.8 Å². The molecule has 1 aliphatic heterocycles. The van der Waals surface area contributed by atoms with Crippen LogP contribution < -0.4 is 5.32 Å². The molecule has 41 heavy (non-hydrogen) atoms. The van der Waals surface area contributed by atoms with Gasteiger partial charge in [0.05, 0.1) is 22.3 Å². The van der Waals surface area contributed by atoms with Crippen LogP contribution in [0.3, 0.4) is 0 Å². The molecule has 218 valence electrons. The molecule has 0 bridgehead atoms. The number of fused-ring (bicyclic) bond motifs is 1. The molecule has 1 unspecified atom stereocenters. The van der Waals surface area contributed by atoms with Gasteiger partial charge in [0.15, 0.2) is 11.5 Å². The number of alkyl halides is 6. The number of nitrogens with one attached hydrogen (secondary N) is 1. The van der Waals surface area contributed by atoms with E-state index in [0.717, 1.165) is 12.1 Å². The van der Waals surface area contributed by atoms with E-state index in [1.54, 1.807) is 6.07 Å². The number of hydrogen-bond donors (Lipinski definition) is 1. The zero-order valence-corrected chi connectivity index (χ0v) is 22.3. The summed E-state index contributed by atoms with van der Waals surface area (Å²) in [5.41, 5.74) is -5.04. The Morgan fingerprint density at radius 1 is 1.07 bits per heavy atom. The van der Waals surface area contributed by atoms with E-state index in [1.165, 1.54) is 37.3 Å². The molecule has 1 N–H and O–H groups in total. The number of benzene rings is 3. The second kappa shape index (κ2) is 11.4. The first-order chi connectivity index (χ1) is 19.2. The first kappa shape index (κ1) is 30.4. The lowest BCUT2D eigenvalue weighted by molar-refractivity contribution is -0.275. The van der Waals surface area contributed by atoms with Crippen molar-refractivity contribution in [1.29, 1.82) is 0 Å². The average molecular weight is 624 g/mol. The lowest BCUT2D eigenvalue weighted by Crippen LogP contribution is -2.42. The lowest BCUT2D eigenvalue weighted by atomic mass is 9.85. The van der Waals surface area contributed by atoms with Gasteiger partial charge in [-0.05, 0) is 35.9 Å². The number of carbonyl (C=O) groups excluding carboxylic acids is 1. The third-order valence-electron chi connectivity index (χ3n) is 6.16. The monoisotopic (exact) mass is 623 g/mol. The molecular weight excluding hydrogens is 606 g/mol. The largest absolute Gasteiger partial charge is 0.435 e. The van der Waals surface area contributed by atoms with Crippen molar-refractivity contribution in [3.05, 3.63) is 81.1 Å². The van der Waals surface area contributed by atoms with Gasteiger partial charge in [-0.3, -0.25) is 4.79 Å². The smallest absolute Gasteiger partial charge is 0.396 e. The Bertz CT molecular complexity index is 1530. The highest BCUT2D eigenvalue weighted by Crippen LogP contribution is 2.50. The Labute approximate surface area is 237 Å². The Morgan fingerprint density at radius 3 is 2.29 bits per heavy atom. The first-order valence-corrected chi connectivity index (χ1v) is 12.5. The van der Waals surface area contributed by atoms with Crippen molar-refractivity contribution in [2.75, 3.05) is 13.2 Å². The molecule has 0 fully saturated rings. The minimum atomic E-state index is -5.04. The van der Waals surface area contributed by atoms with Crippen molar-refractivity contribution < 1.29 is 45.2 Å². The molecule has 0 saturated carbocycles. The number of carbonyl (C=O) groups is 1. The predicted octanol–water partition coefficient (Wildman–Crippen LogP) is 7.55. The Hall–Kier alpha value is -3.58. The van der Waals surface area contributed by atoms with Crippen LogP contribution in [0.15, 0.2) is 58.8 Å². The molecule has 1 atom stereocenters. The normalized spacial score (nSPS) is 17.8. The SMILES string of the molecule is CCO/N=C(\CNC(=O)c1ccc(C2=NOC(c3cc(Cl)c(F)c(Cl)c3)(C(F)(F)F)C2)c2ccccc12)C(F)(F)F. The molecule has 15 heteroatoms. The van der Waals surface area contributed by atoms with Gasteiger partial charge in [0, 0.05) is 23.1 Å². The molecule has 0 aliphatic carbocycles. The predicted molar refractivity (Wildman–Crippen MR) is 138 cm³/mol. The maximum absolute atomic E-state index is 14.4. The van der Waals surface area contributed by atoms with Gasteiger partial charge in [0.2, 0.25) is 0 Å². The summed E-state index contributed by atoms with van der Waals surface area (Å²) in [6, 6.07) is 10.1. The van der Waals surface area contributed by atoms with Gasteiger partial charge < -0.3 is 15.0 Å². The van der Waals surface area contributed by atoms with Crippen LogP contribution in [0.4, 0.5) is 30.7 Å². The fraction of sp³-hybridized carbons (Fsp3) is 0.269. The second-order valence-corrected chi connectivity index (χ2v) is 9.54. The van der Waals surface area contributed by atoms with Crippen molar-refractivity contribution >= 4 is 51.3 Å². The van der Waals surface area contributed by atoms with Crippen molar-refractivity contribution in [3.63, 3.8) is 0 Å². The summed E-state index contributed by atoms with van der Waals surface area (Å²) in [4.78, 5) is 22.3. The molecule has 1 amide bonds. The standard InChI is InChI=1S/C26H18Cl2F7N3O3/c1-2-40-38-21(25(30,31)32)12-36-23(39)17-8-7-16(14-5-3-4-6-15(14)17)20-11-24(41-37-20,26(33,34)35)13-9-18(27)22(29)19(28)10-13/h3-10H,2,11-12H2,1H3,(H,36,39)/b38-21+. The van der Waals surface area contributed by atoms with E-state index in [0.29, 0.717) is 0 Å². The Kier molecular flexibility index (Phi) is 8.42. The van der Waals surface area contributed by atoms with Gasteiger partial charge in [-0.15, -0.1) is 0 Å². The maximum Gasteiger partial charge on any atom is 0.435 e. The zero-order valence-electron chi connectivity index (χ0n) is 20.8. The van der Waals surface area contributed by atoms with Crippen LogP contribution in [-0.2, 0) is 15.3 Å². The van der Waals surface area contributed by atoms with Crippen molar-refractivity contribution in [2.45, 2.75) is 31.3 Å². The van der Waals surface area contributed by atoms with Crippen LogP contribution in [0, 0.1) is 5.82 Å². The van der Waals surface area contributed by atoms with E-state index >= 15 is 0 Å². The minimum Gasteiger partial charge on any atom is -0.396 e. The van der Waals surface area contributed by atoms with E-state index < -0.39 is 64.0 Å². The minimum absolute atomic E-state index is 0.0546. The quantitative estimate of drug-likeness (QED) is 0.128. The van der Waals surface area contributed by atoms with Gasteiger partial charge in [-0.25, -0.2) is 4.39 Å². The molecular formula is C26H18Cl2F7N3O3. The summed E-state index contributed by atoms with van der Waals surface area (Å²) < 4.78 is 96.8. The summed E-state index contributed by atoms with van der Waals surface area (Å²) in [6.07, 6.45) is -10.8. The molecule has 3 aromatic rings. The fourth-order valence-electron chi connectivity index (χ4n) is 4.17. The molecule has 0 radical (unpaired) electrons. The van der Waals surface area contributed by atoms with Gasteiger partial charge in [0.1, 0.15) is 6.61 Å². The molecule has 3 aromatic carbocycles. The highest BCUT2D eigenvalue weighted by molar-refractivity contribution is 6.35. The number of hydrogen-bond acceptors (Lipinski definition) is 5. The van der Waals surface area contributed by atoms with Gasteiger partial charge in [-0.1, -0.05) is 63.8 Å². The van der Waals surface area contributed by atoms with Crippen LogP contribution in [0.1, 0.15) is 34.8 Å². The number of halogens is 9. The summed E-state index contributed by atoms with van der Waals surface area (Å²) in [6.45, 7) is 0.325. The van der Waals surface area contributed by atoms with E-state index in [1.807, 2.05) is 0 Å². The average Bonchev–Trinajstić information content (AvgIpc) is 3.37. The Balaban J connectivity index is 1.69. The third kappa shape index (κ3) is 5.91. The second-order valence-electron chi connectivity index (χ2n) is 8.73. The first-order valence-electron chi connectivity index (χ1n) is 11.7. The highest BCUT2D eigenvalue weighted by atomic mass is 35.5. The molecule has 1 aliphatic rings. The van der Waals surface area contributed by atoms with E-state index in [-0.39, 0.29) is 34.2 Å². The fourth-order valence-corrected chi connectivity index (χ4v) is 4.66. The maximum atomic E-state index is 14.4. The lowest BCUT2D eigenvalue weighted by Gasteiger charge is -2.29. The summed E-state index contributed by atoms with van der Waals surface area (Å²) in [7, 11) is 0. The highest BCUT2D eigenvalue weighted by Gasteiger charge is 2.62. The van der Waals surface area contributed by atoms with Crippen molar-refractivity contribution in [1.82, 2.24) is 5.32 Å². The Morgan fingerprint density at radius 2 is 1.71 bits per heavy atom.